The molecule has 22 heavy (non-hydrogen) atoms. The summed E-state index contributed by atoms with van der Waals surface area (Å²) < 4.78 is 0. The van der Waals surface area contributed by atoms with Crippen LogP contribution in [0.5, 0.6) is 0 Å². The Morgan fingerprint density at radius 3 is 2.59 bits per heavy atom. The van der Waals surface area contributed by atoms with Crippen LogP contribution >= 0.6 is 0 Å². The van der Waals surface area contributed by atoms with E-state index in [1.807, 2.05) is 54.6 Å². The molecule has 1 unspecified atom stereocenters. The zero-order valence-corrected chi connectivity index (χ0v) is 12.5. The maximum Gasteiger partial charge on any atom is 0.0991 e. The average molecular weight is 292 g/mol. The molecule has 2 N–H and O–H groups in total. The second kappa shape index (κ2) is 6.31. The van der Waals surface area contributed by atoms with Crippen LogP contribution in [0.25, 0.3) is 0 Å². The molecule has 0 aromatic heterocycles. The minimum absolute atomic E-state index is 0.0335. The molecule has 3 rings (SSSR count). The number of nitrogens with one attached hydrogen (secondary N) is 1. The summed E-state index contributed by atoms with van der Waals surface area (Å²) in [5, 5.41) is 23.0. The SMILES string of the molecule is N#Cc1cccc(CNCC2(C(O)c3ccccc3)CC2)c1. The highest BCUT2D eigenvalue weighted by atomic mass is 16.3. The maximum atomic E-state index is 10.6. The van der Waals surface area contributed by atoms with Crippen molar-refractivity contribution in [1.29, 1.82) is 5.26 Å². The summed E-state index contributed by atoms with van der Waals surface area (Å²) in [4.78, 5) is 0. The van der Waals surface area contributed by atoms with Gasteiger partial charge in [0.25, 0.3) is 0 Å². The Kier molecular flexibility index (Phi) is 4.24. The molecule has 3 nitrogen and oxygen atoms in total. The van der Waals surface area contributed by atoms with Crippen molar-refractivity contribution in [3.8, 4) is 6.07 Å². The highest BCUT2D eigenvalue weighted by Gasteiger charge is 2.48. The van der Waals surface area contributed by atoms with Gasteiger partial charge >= 0.3 is 0 Å². The van der Waals surface area contributed by atoms with Crippen molar-refractivity contribution in [2.24, 2.45) is 5.41 Å². The van der Waals surface area contributed by atoms with E-state index in [9.17, 15) is 5.11 Å². The molecule has 2 aromatic rings. The lowest BCUT2D eigenvalue weighted by molar-refractivity contribution is 0.0917. The molecule has 0 heterocycles. The van der Waals surface area contributed by atoms with Gasteiger partial charge in [-0.1, -0.05) is 42.5 Å². The Balaban J connectivity index is 1.58. The Morgan fingerprint density at radius 1 is 1.14 bits per heavy atom. The molecular formula is C19H20N2O. The fraction of sp³-hybridized carbons (Fsp3) is 0.316. The minimum Gasteiger partial charge on any atom is -0.388 e. The van der Waals surface area contributed by atoms with Crippen molar-refractivity contribution in [2.75, 3.05) is 6.54 Å². The third-order valence-electron chi connectivity index (χ3n) is 4.45. The Labute approximate surface area is 131 Å². The monoisotopic (exact) mass is 292 g/mol. The van der Waals surface area contributed by atoms with Gasteiger partial charge in [-0.05, 0) is 36.1 Å². The number of aliphatic hydroxyl groups excluding tert-OH is 1. The first-order valence-electron chi connectivity index (χ1n) is 7.66. The molecule has 0 amide bonds. The summed E-state index contributed by atoms with van der Waals surface area (Å²) >= 11 is 0. The van der Waals surface area contributed by atoms with Gasteiger partial charge in [0.2, 0.25) is 0 Å². The van der Waals surface area contributed by atoms with E-state index < -0.39 is 6.10 Å². The van der Waals surface area contributed by atoms with Gasteiger partial charge in [0.1, 0.15) is 0 Å². The standard InChI is InChI=1S/C19H20N2O/c20-12-15-5-4-6-16(11-15)13-21-14-19(9-10-19)18(22)17-7-2-1-3-8-17/h1-8,11,18,21-22H,9-10,13-14H2. The lowest BCUT2D eigenvalue weighted by Crippen LogP contribution is -2.28. The van der Waals surface area contributed by atoms with Crippen LogP contribution in [0, 0.1) is 16.7 Å². The smallest absolute Gasteiger partial charge is 0.0991 e. The van der Waals surface area contributed by atoms with Crippen LogP contribution in [-0.4, -0.2) is 11.7 Å². The average Bonchev–Trinajstić information content (AvgIpc) is 3.36. The summed E-state index contributed by atoms with van der Waals surface area (Å²) in [5.74, 6) is 0. The maximum absolute atomic E-state index is 10.6. The number of nitriles is 1. The fourth-order valence-corrected chi connectivity index (χ4v) is 2.90. The van der Waals surface area contributed by atoms with E-state index >= 15 is 0 Å². The number of rotatable bonds is 6. The molecule has 0 saturated heterocycles. The molecule has 1 saturated carbocycles. The van der Waals surface area contributed by atoms with Gasteiger partial charge in [-0.15, -0.1) is 0 Å². The van der Waals surface area contributed by atoms with E-state index in [0.717, 1.165) is 37.1 Å². The zero-order chi connectivity index (χ0) is 15.4. The molecule has 0 aliphatic heterocycles. The minimum atomic E-state index is -0.411. The van der Waals surface area contributed by atoms with Gasteiger partial charge in [0.15, 0.2) is 0 Å². The molecule has 1 atom stereocenters. The molecule has 2 aromatic carbocycles. The number of nitrogens with zero attached hydrogens (tertiary/aromatic N) is 1. The predicted octanol–water partition coefficient (Wildman–Crippen LogP) is 3.16. The second-order valence-corrected chi connectivity index (χ2v) is 6.09. The van der Waals surface area contributed by atoms with Crippen molar-refractivity contribution in [3.05, 3.63) is 71.3 Å². The van der Waals surface area contributed by atoms with Gasteiger partial charge in [-0.2, -0.15) is 5.26 Å². The Morgan fingerprint density at radius 2 is 1.91 bits per heavy atom. The van der Waals surface area contributed by atoms with E-state index in [2.05, 4.69) is 11.4 Å². The lowest BCUT2D eigenvalue weighted by Gasteiger charge is -2.23. The van der Waals surface area contributed by atoms with Crippen LogP contribution < -0.4 is 5.32 Å². The van der Waals surface area contributed by atoms with E-state index in [4.69, 9.17) is 5.26 Å². The third-order valence-corrected chi connectivity index (χ3v) is 4.45. The van der Waals surface area contributed by atoms with Crippen LogP contribution in [0.1, 0.15) is 35.6 Å². The first-order valence-corrected chi connectivity index (χ1v) is 7.66. The lowest BCUT2D eigenvalue weighted by atomic mass is 9.92. The highest BCUT2D eigenvalue weighted by Crippen LogP contribution is 2.54. The summed E-state index contributed by atoms with van der Waals surface area (Å²) in [5.41, 5.74) is 2.75. The normalized spacial score (nSPS) is 16.7. The summed E-state index contributed by atoms with van der Waals surface area (Å²) in [6, 6.07) is 19.7. The molecule has 1 fully saturated rings. The van der Waals surface area contributed by atoms with Gasteiger partial charge < -0.3 is 10.4 Å². The van der Waals surface area contributed by atoms with E-state index in [1.54, 1.807) is 0 Å². The number of hydrogen-bond donors (Lipinski definition) is 2. The Bertz CT molecular complexity index is 671. The van der Waals surface area contributed by atoms with Crippen LogP contribution in [0.15, 0.2) is 54.6 Å². The van der Waals surface area contributed by atoms with E-state index in [0.29, 0.717) is 5.56 Å². The molecule has 0 bridgehead atoms. The van der Waals surface area contributed by atoms with Crippen LogP contribution in [-0.2, 0) is 6.54 Å². The fourth-order valence-electron chi connectivity index (χ4n) is 2.90. The molecular weight excluding hydrogens is 272 g/mol. The van der Waals surface area contributed by atoms with Crippen LogP contribution in [0.4, 0.5) is 0 Å². The van der Waals surface area contributed by atoms with Crippen molar-refractivity contribution in [2.45, 2.75) is 25.5 Å². The van der Waals surface area contributed by atoms with E-state index in [1.165, 1.54) is 0 Å². The largest absolute Gasteiger partial charge is 0.388 e. The predicted molar refractivity (Wildman–Crippen MR) is 85.9 cm³/mol. The third kappa shape index (κ3) is 3.19. The van der Waals surface area contributed by atoms with E-state index in [-0.39, 0.29) is 5.41 Å². The molecule has 112 valence electrons. The van der Waals surface area contributed by atoms with Crippen molar-refractivity contribution < 1.29 is 5.11 Å². The molecule has 0 spiro atoms. The van der Waals surface area contributed by atoms with Crippen molar-refractivity contribution >= 4 is 0 Å². The summed E-state index contributed by atoms with van der Waals surface area (Å²) in [6.07, 6.45) is 1.69. The number of benzene rings is 2. The van der Waals surface area contributed by atoms with Gasteiger partial charge in [-0.25, -0.2) is 0 Å². The number of aliphatic hydroxyl groups is 1. The first-order chi connectivity index (χ1) is 10.7. The zero-order valence-electron chi connectivity index (χ0n) is 12.5. The molecule has 1 aliphatic carbocycles. The summed E-state index contributed by atoms with van der Waals surface area (Å²) in [6.45, 7) is 1.51. The van der Waals surface area contributed by atoms with Gasteiger partial charge in [0, 0.05) is 18.5 Å². The quantitative estimate of drug-likeness (QED) is 0.860. The van der Waals surface area contributed by atoms with Crippen molar-refractivity contribution in [3.63, 3.8) is 0 Å². The second-order valence-electron chi connectivity index (χ2n) is 6.09. The first kappa shape index (κ1) is 14.8. The van der Waals surface area contributed by atoms with Crippen molar-refractivity contribution in [1.82, 2.24) is 5.32 Å². The van der Waals surface area contributed by atoms with Crippen LogP contribution in [0.3, 0.4) is 0 Å². The van der Waals surface area contributed by atoms with Gasteiger partial charge in [0.05, 0.1) is 17.7 Å². The molecule has 3 heteroatoms. The number of hydrogen-bond acceptors (Lipinski definition) is 3. The highest BCUT2D eigenvalue weighted by molar-refractivity contribution is 5.32. The summed E-state index contributed by atoms with van der Waals surface area (Å²) in [7, 11) is 0. The molecule has 1 aliphatic rings. The van der Waals surface area contributed by atoms with Gasteiger partial charge in [-0.3, -0.25) is 0 Å². The Hall–Kier alpha value is -2.15. The molecule has 0 radical (unpaired) electrons. The topological polar surface area (TPSA) is 56.0 Å². The van der Waals surface area contributed by atoms with Crippen LogP contribution in [0.2, 0.25) is 0 Å².